The monoisotopic (exact) mass is 500 g/mol. The average Bonchev–Trinajstić information content (AvgIpc) is 3.32. The summed E-state index contributed by atoms with van der Waals surface area (Å²) < 4.78 is 1.51. The molecule has 5 heteroatoms. The minimum atomic E-state index is -0.492. The van der Waals surface area contributed by atoms with E-state index in [0.29, 0.717) is 33.4 Å². The second-order valence-corrected chi connectivity index (χ2v) is 8.99. The van der Waals surface area contributed by atoms with E-state index in [1.807, 2.05) is 72.8 Å². The Bertz CT molecular complexity index is 1730. The molecule has 0 aliphatic heterocycles. The van der Waals surface area contributed by atoms with Gasteiger partial charge in [-0.2, -0.15) is 4.73 Å². The summed E-state index contributed by atoms with van der Waals surface area (Å²) in [6.07, 6.45) is 0. The fourth-order valence-corrected chi connectivity index (χ4v) is 4.63. The lowest BCUT2D eigenvalue weighted by molar-refractivity contribution is 0.0476. The quantitative estimate of drug-likeness (QED) is 0.241. The van der Waals surface area contributed by atoms with E-state index in [-0.39, 0.29) is 0 Å². The van der Waals surface area contributed by atoms with Gasteiger partial charge >= 0.3 is 5.97 Å². The molecule has 0 aliphatic carbocycles. The number of hydrogen-bond donors (Lipinski definition) is 0. The van der Waals surface area contributed by atoms with Crippen LogP contribution in [0.15, 0.2) is 127 Å². The van der Waals surface area contributed by atoms with Gasteiger partial charge in [0.1, 0.15) is 11.4 Å². The number of rotatable bonds is 5. The number of hydrogen-bond acceptors (Lipinski definition) is 3. The van der Waals surface area contributed by atoms with Crippen molar-refractivity contribution in [1.29, 1.82) is 0 Å². The highest BCUT2D eigenvalue weighted by Gasteiger charge is 2.26. The normalized spacial score (nSPS) is 10.9. The minimum absolute atomic E-state index is 0.438. The molecule has 0 saturated heterocycles. The summed E-state index contributed by atoms with van der Waals surface area (Å²) >= 11 is 6.62. The van der Waals surface area contributed by atoms with Gasteiger partial charge in [0.25, 0.3) is 0 Å². The minimum Gasteiger partial charge on any atom is -0.329 e. The van der Waals surface area contributed by atoms with Gasteiger partial charge in [0.05, 0.1) is 10.6 Å². The zero-order valence-corrected chi connectivity index (χ0v) is 20.5. The second kappa shape index (κ2) is 9.76. The van der Waals surface area contributed by atoms with Crippen molar-refractivity contribution in [3.63, 3.8) is 0 Å². The Morgan fingerprint density at radius 2 is 1.32 bits per heavy atom. The van der Waals surface area contributed by atoms with Crippen LogP contribution in [0.25, 0.3) is 44.7 Å². The number of carbonyl (C=O) groups excluding carboxylic acids is 1. The molecule has 0 aliphatic rings. The van der Waals surface area contributed by atoms with Gasteiger partial charge in [0.15, 0.2) is 5.82 Å². The maximum Gasteiger partial charge on any atom is 0.363 e. The van der Waals surface area contributed by atoms with Gasteiger partial charge in [-0.25, -0.2) is 9.78 Å². The van der Waals surface area contributed by atoms with Crippen LogP contribution >= 0.6 is 11.6 Å². The third-order valence-electron chi connectivity index (χ3n) is 6.21. The molecule has 4 nitrogen and oxygen atoms in total. The molecule has 6 rings (SSSR count). The molecule has 0 unspecified atom stereocenters. The molecule has 1 heterocycles. The van der Waals surface area contributed by atoms with Crippen LogP contribution in [0.1, 0.15) is 10.4 Å². The number of halogens is 1. The Morgan fingerprint density at radius 1 is 0.676 bits per heavy atom. The Hall–Kier alpha value is -4.67. The van der Waals surface area contributed by atoms with Crippen LogP contribution in [-0.4, -0.2) is 15.7 Å². The Morgan fingerprint density at radius 3 is 2.08 bits per heavy atom. The molecular weight excluding hydrogens is 480 g/mol. The van der Waals surface area contributed by atoms with E-state index in [2.05, 4.69) is 24.3 Å². The van der Waals surface area contributed by atoms with Crippen molar-refractivity contribution in [2.75, 3.05) is 0 Å². The second-order valence-electron chi connectivity index (χ2n) is 8.58. The lowest BCUT2D eigenvalue weighted by atomic mass is 10.0. The summed E-state index contributed by atoms with van der Waals surface area (Å²) in [4.78, 5) is 24.4. The van der Waals surface area contributed by atoms with Crippen LogP contribution in [0.4, 0.5) is 0 Å². The van der Waals surface area contributed by atoms with E-state index < -0.39 is 5.97 Å². The molecule has 0 atom stereocenters. The first-order chi connectivity index (χ1) is 18.2. The first kappa shape index (κ1) is 22.8. The van der Waals surface area contributed by atoms with Crippen LogP contribution < -0.4 is 4.84 Å². The molecule has 0 saturated carbocycles. The predicted octanol–water partition coefficient (Wildman–Crippen LogP) is 7.96. The highest BCUT2D eigenvalue weighted by molar-refractivity contribution is 6.33. The predicted molar refractivity (Wildman–Crippen MR) is 148 cm³/mol. The lowest BCUT2D eigenvalue weighted by Crippen LogP contribution is -2.21. The fraction of sp³-hybridized carbons (Fsp3) is 0. The molecule has 6 aromatic rings. The van der Waals surface area contributed by atoms with Crippen molar-refractivity contribution in [1.82, 2.24) is 9.71 Å². The molecule has 0 amide bonds. The molecule has 0 bridgehead atoms. The summed E-state index contributed by atoms with van der Waals surface area (Å²) in [7, 11) is 0. The highest BCUT2D eigenvalue weighted by atomic mass is 35.5. The first-order valence-electron chi connectivity index (χ1n) is 11.9. The summed E-state index contributed by atoms with van der Waals surface area (Å²) in [6, 6.07) is 40.5. The van der Waals surface area contributed by atoms with Crippen molar-refractivity contribution in [2.45, 2.75) is 0 Å². The average molecular weight is 501 g/mol. The third kappa shape index (κ3) is 4.39. The van der Waals surface area contributed by atoms with Crippen LogP contribution in [0.5, 0.6) is 0 Å². The van der Waals surface area contributed by atoms with Crippen molar-refractivity contribution in [3.05, 3.63) is 138 Å². The largest absolute Gasteiger partial charge is 0.363 e. The Kier molecular flexibility index (Phi) is 6.01. The van der Waals surface area contributed by atoms with E-state index in [4.69, 9.17) is 21.4 Å². The fourth-order valence-electron chi connectivity index (χ4n) is 4.41. The van der Waals surface area contributed by atoms with Gasteiger partial charge in [0.2, 0.25) is 0 Å². The van der Waals surface area contributed by atoms with E-state index >= 15 is 0 Å². The maximum atomic E-state index is 13.3. The van der Waals surface area contributed by atoms with Crippen molar-refractivity contribution >= 4 is 28.3 Å². The van der Waals surface area contributed by atoms with Gasteiger partial charge in [-0.05, 0) is 41.1 Å². The molecule has 5 aromatic carbocycles. The molecule has 37 heavy (non-hydrogen) atoms. The van der Waals surface area contributed by atoms with Gasteiger partial charge in [-0.1, -0.05) is 109 Å². The van der Waals surface area contributed by atoms with Crippen LogP contribution in [0.3, 0.4) is 0 Å². The summed E-state index contributed by atoms with van der Waals surface area (Å²) in [5.74, 6) is -0.0505. The standard InChI is InChI=1S/C32H21ClN2O2/c33-28-18-10-9-17-27(28)31-34-29(26-20-19-22-11-7-8-16-25(22)21-26)30(23-12-3-1-4-13-23)35(31)37-32(36)24-14-5-2-6-15-24/h1-21H. The molecular formula is C32H21ClN2O2. The van der Waals surface area contributed by atoms with E-state index in [1.54, 1.807) is 30.3 Å². The van der Waals surface area contributed by atoms with E-state index in [0.717, 1.165) is 21.9 Å². The lowest BCUT2D eigenvalue weighted by Gasteiger charge is -2.13. The molecule has 1 aromatic heterocycles. The van der Waals surface area contributed by atoms with Crippen molar-refractivity contribution in [2.24, 2.45) is 0 Å². The molecule has 0 radical (unpaired) electrons. The first-order valence-corrected chi connectivity index (χ1v) is 12.3. The van der Waals surface area contributed by atoms with Crippen LogP contribution in [0, 0.1) is 0 Å². The van der Waals surface area contributed by atoms with Crippen LogP contribution in [0.2, 0.25) is 5.02 Å². The Balaban J connectivity index is 1.63. The number of imidazole rings is 1. The van der Waals surface area contributed by atoms with Gasteiger partial charge in [-0.3, -0.25) is 0 Å². The third-order valence-corrected chi connectivity index (χ3v) is 6.54. The molecule has 0 N–H and O–H groups in total. The highest BCUT2D eigenvalue weighted by Crippen LogP contribution is 2.38. The van der Waals surface area contributed by atoms with Crippen LogP contribution in [-0.2, 0) is 0 Å². The van der Waals surface area contributed by atoms with E-state index in [1.165, 1.54) is 4.73 Å². The Labute approximate surface area is 219 Å². The van der Waals surface area contributed by atoms with Crippen molar-refractivity contribution in [3.8, 4) is 33.9 Å². The SMILES string of the molecule is O=C(On1c(-c2ccccc2Cl)nc(-c2ccc3ccccc3c2)c1-c1ccccc1)c1ccccc1. The number of benzene rings is 5. The van der Waals surface area contributed by atoms with Crippen molar-refractivity contribution < 1.29 is 9.63 Å². The van der Waals surface area contributed by atoms with Gasteiger partial charge < -0.3 is 4.84 Å². The summed E-state index contributed by atoms with van der Waals surface area (Å²) in [5.41, 5.74) is 4.21. The molecule has 0 fully saturated rings. The number of carbonyl (C=O) groups is 1. The number of aromatic nitrogens is 2. The summed E-state index contributed by atoms with van der Waals surface area (Å²) in [6.45, 7) is 0. The van der Waals surface area contributed by atoms with Gasteiger partial charge in [-0.15, -0.1) is 0 Å². The molecule has 178 valence electrons. The summed E-state index contributed by atoms with van der Waals surface area (Å²) in [5, 5.41) is 2.73. The van der Waals surface area contributed by atoms with Gasteiger partial charge in [0, 0.05) is 16.7 Å². The zero-order chi connectivity index (χ0) is 25.2. The number of nitrogens with zero attached hydrogens (tertiary/aromatic N) is 2. The smallest absolute Gasteiger partial charge is 0.329 e. The molecule has 0 spiro atoms. The number of fused-ring (bicyclic) bond motifs is 1. The maximum absolute atomic E-state index is 13.3. The zero-order valence-electron chi connectivity index (χ0n) is 19.7. The van der Waals surface area contributed by atoms with E-state index in [9.17, 15) is 4.79 Å². The topological polar surface area (TPSA) is 44.1 Å².